The Morgan fingerprint density at radius 3 is 2.54 bits per heavy atom. The SMILES string of the molecule is CCCC1Cc2cc(OCc3ccccc3)ccc2C2CCC3(C)C(=NN(C)C)C(CCC4(C)OCCO4)CC3C12. The quantitative estimate of drug-likeness (QED) is 0.294. The van der Waals surface area contributed by atoms with Crippen molar-refractivity contribution < 1.29 is 14.2 Å². The first-order valence-corrected chi connectivity index (χ1v) is 16.1. The lowest BCUT2D eigenvalue weighted by Crippen LogP contribution is -2.46. The van der Waals surface area contributed by atoms with Gasteiger partial charge in [0.15, 0.2) is 5.79 Å². The lowest BCUT2D eigenvalue weighted by atomic mass is 9.52. The first-order valence-electron chi connectivity index (χ1n) is 16.1. The predicted octanol–water partition coefficient (Wildman–Crippen LogP) is 7.83. The van der Waals surface area contributed by atoms with Crippen LogP contribution in [0.1, 0.15) is 88.3 Å². The highest BCUT2D eigenvalue weighted by molar-refractivity contribution is 5.94. The molecule has 6 atom stereocenters. The third kappa shape index (κ3) is 5.69. The smallest absolute Gasteiger partial charge is 0.165 e. The zero-order valence-electron chi connectivity index (χ0n) is 25.9. The molecule has 1 heterocycles. The lowest BCUT2D eigenvalue weighted by molar-refractivity contribution is -0.148. The molecule has 0 spiro atoms. The highest BCUT2D eigenvalue weighted by Crippen LogP contribution is 2.63. The number of nitrogens with zero attached hydrogens (tertiary/aromatic N) is 2. The fraction of sp³-hybridized carbons (Fsp3) is 0.639. The molecule has 222 valence electrons. The molecular weight excluding hydrogens is 508 g/mol. The minimum atomic E-state index is -0.435. The standard InChI is InChI=1S/C36H50N2O3/c1-6-10-26-21-28-22-29(39-24-25-11-8-7-9-12-25)13-14-30(28)31-16-17-35(2)32(33(26)31)23-27(34(35)37-38(4)5)15-18-36(3)40-19-20-41-36/h7-9,11-14,22,26-27,31-33H,6,10,15-21,23-24H2,1-5H3. The minimum Gasteiger partial charge on any atom is -0.489 e. The molecule has 2 saturated carbocycles. The van der Waals surface area contributed by atoms with Gasteiger partial charge in [-0.05, 0) is 91.5 Å². The van der Waals surface area contributed by atoms with Crippen LogP contribution in [-0.4, -0.2) is 43.8 Å². The van der Waals surface area contributed by atoms with E-state index in [4.69, 9.17) is 19.3 Å². The zero-order valence-corrected chi connectivity index (χ0v) is 25.9. The van der Waals surface area contributed by atoms with E-state index in [1.807, 2.05) is 5.01 Å². The number of rotatable bonds is 9. The molecule has 5 heteroatoms. The molecule has 0 bridgehead atoms. The molecule has 3 fully saturated rings. The Hall–Kier alpha value is -2.37. The monoisotopic (exact) mass is 558 g/mol. The van der Waals surface area contributed by atoms with Crippen LogP contribution in [0.4, 0.5) is 0 Å². The van der Waals surface area contributed by atoms with E-state index in [1.165, 1.54) is 55.4 Å². The summed E-state index contributed by atoms with van der Waals surface area (Å²) in [4.78, 5) is 0. The lowest BCUT2D eigenvalue weighted by Gasteiger charge is -2.52. The molecule has 1 saturated heterocycles. The van der Waals surface area contributed by atoms with Crippen molar-refractivity contribution >= 4 is 5.71 Å². The maximum Gasteiger partial charge on any atom is 0.165 e. The van der Waals surface area contributed by atoms with E-state index < -0.39 is 5.79 Å². The van der Waals surface area contributed by atoms with E-state index in [-0.39, 0.29) is 5.41 Å². The summed E-state index contributed by atoms with van der Waals surface area (Å²) in [6, 6.07) is 17.5. The van der Waals surface area contributed by atoms with Crippen LogP contribution in [0.3, 0.4) is 0 Å². The van der Waals surface area contributed by atoms with Crippen molar-refractivity contribution in [1.82, 2.24) is 5.01 Å². The van der Waals surface area contributed by atoms with Gasteiger partial charge < -0.3 is 19.2 Å². The molecule has 0 aromatic heterocycles. The largest absolute Gasteiger partial charge is 0.489 e. The van der Waals surface area contributed by atoms with Gasteiger partial charge in [-0.15, -0.1) is 0 Å². The molecule has 0 amide bonds. The highest BCUT2D eigenvalue weighted by Gasteiger charge is 2.58. The Bertz CT molecular complexity index is 1220. The van der Waals surface area contributed by atoms with E-state index in [2.05, 4.69) is 83.4 Å². The number of hydrazone groups is 1. The second-order valence-electron chi connectivity index (χ2n) is 13.8. The summed E-state index contributed by atoms with van der Waals surface area (Å²) in [5, 5.41) is 7.29. The number of benzene rings is 2. The van der Waals surface area contributed by atoms with Crippen LogP contribution in [0.5, 0.6) is 5.75 Å². The summed E-state index contributed by atoms with van der Waals surface area (Å²) in [7, 11) is 4.18. The minimum absolute atomic E-state index is 0.163. The molecule has 0 radical (unpaired) electrons. The number of hydrogen-bond acceptors (Lipinski definition) is 5. The third-order valence-electron chi connectivity index (χ3n) is 10.8. The van der Waals surface area contributed by atoms with Crippen LogP contribution < -0.4 is 4.74 Å². The average molecular weight is 559 g/mol. The molecule has 6 rings (SSSR count). The van der Waals surface area contributed by atoms with Crippen molar-refractivity contribution in [3.05, 3.63) is 65.2 Å². The fourth-order valence-electron chi connectivity index (χ4n) is 9.02. The maximum absolute atomic E-state index is 6.28. The first-order chi connectivity index (χ1) is 19.8. The van der Waals surface area contributed by atoms with Crippen LogP contribution in [0.2, 0.25) is 0 Å². The van der Waals surface area contributed by atoms with Crippen LogP contribution >= 0.6 is 0 Å². The van der Waals surface area contributed by atoms with Gasteiger partial charge in [-0.2, -0.15) is 5.10 Å². The topological polar surface area (TPSA) is 43.3 Å². The van der Waals surface area contributed by atoms with E-state index in [0.717, 1.165) is 18.6 Å². The Balaban J connectivity index is 1.27. The van der Waals surface area contributed by atoms with E-state index in [0.29, 0.717) is 49.4 Å². The van der Waals surface area contributed by atoms with Gasteiger partial charge in [-0.1, -0.05) is 63.1 Å². The van der Waals surface area contributed by atoms with Gasteiger partial charge in [0.05, 0.1) is 13.2 Å². The molecule has 0 N–H and O–H groups in total. The summed E-state index contributed by atoms with van der Waals surface area (Å²) in [6.07, 6.45) is 9.45. The third-order valence-corrected chi connectivity index (χ3v) is 10.8. The van der Waals surface area contributed by atoms with Crippen molar-refractivity contribution in [3.8, 4) is 5.75 Å². The van der Waals surface area contributed by atoms with Crippen LogP contribution in [0.15, 0.2) is 53.6 Å². The summed E-state index contributed by atoms with van der Waals surface area (Å²) < 4.78 is 18.3. The van der Waals surface area contributed by atoms with Crippen LogP contribution in [0.25, 0.3) is 0 Å². The van der Waals surface area contributed by atoms with Gasteiger partial charge in [0.1, 0.15) is 12.4 Å². The Morgan fingerprint density at radius 2 is 1.80 bits per heavy atom. The molecule has 2 aromatic rings. The summed E-state index contributed by atoms with van der Waals surface area (Å²) in [6.45, 7) is 9.08. The molecule has 3 aliphatic carbocycles. The molecule has 41 heavy (non-hydrogen) atoms. The molecule has 2 aromatic carbocycles. The Labute approximate surface area is 247 Å². The molecule has 1 aliphatic heterocycles. The zero-order chi connectivity index (χ0) is 28.6. The second kappa shape index (κ2) is 11.7. The van der Waals surface area contributed by atoms with Gasteiger partial charge >= 0.3 is 0 Å². The summed E-state index contributed by atoms with van der Waals surface area (Å²) in [5.41, 5.74) is 5.94. The Kier molecular flexibility index (Phi) is 8.22. The van der Waals surface area contributed by atoms with Gasteiger partial charge in [0.2, 0.25) is 0 Å². The van der Waals surface area contributed by atoms with Crippen LogP contribution in [-0.2, 0) is 22.5 Å². The molecular formula is C36H50N2O3. The fourth-order valence-corrected chi connectivity index (χ4v) is 9.02. The summed E-state index contributed by atoms with van der Waals surface area (Å²) >= 11 is 0. The van der Waals surface area contributed by atoms with Gasteiger partial charge in [-0.3, -0.25) is 0 Å². The van der Waals surface area contributed by atoms with Crippen molar-refractivity contribution in [2.75, 3.05) is 27.3 Å². The van der Waals surface area contributed by atoms with E-state index in [9.17, 15) is 0 Å². The average Bonchev–Trinajstić information content (AvgIpc) is 3.52. The normalized spacial score (nSPS) is 32.8. The first kappa shape index (κ1) is 28.7. The van der Waals surface area contributed by atoms with Crippen molar-refractivity contribution in [3.63, 3.8) is 0 Å². The molecule has 6 unspecified atom stereocenters. The molecule has 4 aliphatic rings. The second-order valence-corrected chi connectivity index (χ2v) is 13.8. The van der Waals surface area contributed by atoms with Crippen molar-refractivity contribution in [2.45, 2.75) is 90.4 Å². The predicted molar refractivity (Wildman–Crippen MR) is 165 cm³/mol. The Morgan fingerprint density at radius 1 is 1.02 bits per heavy atom. The van der Waals surface area contributed by atoms with E-state index >= 15 is 0 Å². The summed E-state index contributed by atoms with van der Waals surface area (Å²) in [5.74, 6) is 3.79. The van der Waals surface area contributed by atoms with E-state index in [1.54, 1.807) is 5.56 Å². The van der Waals surface area contributed by atoms with Gasteiger partial charge in [0.25, 0.3) is 0 Å². The van der Waals surface area contributed by atoms with Gasteiger partial charge in [0, 0.05) is 37.6 Å². The maximum atomic E-state index is 6.28. The number of fused-ring (bicyclic) bond motifs is 5. The van der Waals surface area contributed by atoms with Crippen molar-refractivity contribution in [2.24, 2.45) is 34.2 Å². The number of ether oxygens (including phenoxy) is 3. The van der Waals surface area contributed by atoms with Gasteiger partial charge in [-0.25, -0.2) is 0 Å². The van der Waals surface area contributed by atoms with Crippen molar-refractivity contribution in [1.29, 1.82) is 0 Å². The number of hydrogen-bond donors (Lipinski definition) is 0. The molecule has 5 nitrogen and oxygen atoms in total. The van der Waals surface area contributed by atoms with Crippen LogP contribution in [0, 0.1) is 29.1 Å². The highest BCUT2D eigenvalue weighted by atomic mass is 16.7.